The fourth-order valence-electron chi connectivity index (χ4n) is 1.80. The molecule has 1 aromatic carbocycles. The van der Waals surface area contributed by atoms with Gasteiger partial charge < -0.3 is 10.6 Å². The molecule has 1 aromatic rings. The Kier molecular flexibility index (Phi) is 3.59. The number of hydrogen-bond donors (Lipinski definition) is 2. The molecule has 0 spiro atoms. The lowest BCUT2D eigenvalue weighted by Gasteiger charge is -2.25. The molecule has 1 aliphatic rings. The van der Waals surface area contributed by atoms with Crippen LogP contribution < -0.4 is 10.6 Å². The number of rotatable bonds is 2. The maximum absolute atomic E-state index is 13.0. The van der Waals surface area contributed by atoms with E-state index >= 15 is 0 Å². The molecular weight excluding hydrogens is 259 g/mol. The zero-order valence-electron chi connectivity index (χ0n) is 8.39. The largest absolute Gasteiger partial charge is 0.380 e. The highest BCUT2D eigenvalue weighted by Gasteiger charge is 2.13. The number of hydrogen-bond acceptors (Lipinski definition) is 2. The van der Waals surface area contributed by atoms with Gasteiger partial charge in [0.1, 0.15) is 5.82 Å². The lowest BCUT2D eigenvalue weighted by molar-refractivity contribution is 0.479. The number of anilines is 1. The van der Waals surface area contributed by atoms with E-state index in [2.05, 4.69) is 26.6 Å². The van der Waals surface area contributed by atoms with Crippen molar-refractivity contribution in [2.75, 3.05) is 18.4 Å². The molecule has 2 N–H and O–H groups in total. The number of benzene rings is 1. The van der Waals surface area contributed by atoms with Crippen molar-refractivity contribution >= 4 is 21.6 Å². The lowest BCUT2D eigenvalue weighted by Crippen LogP contribution is -2.38. The summed E-state index contributed by atoms with van der Waals surface area (Å²) < 4.78 is 13.9. The van der Waals surface area contributed by atoms with Crippen molar-refractivity contribution in [1.29, 1.82) is 0 Å². The minimum Gasteiger partial charge on any atom is -0.380 e. The van der Waals surface area contributed by atoms with Crippen molar-refractivity contribution in [2.24, 2.45) is 0 Å². The highest BCUT2D eigenvalue weighted by Crippen LogP contribution is 2.24. The maximum atomic E-state index is 13.0. The van der Waals surface area contributed by atoms with Crippen LogP contribution in [0.1, 0.15) is 12.8 Å². The number of nitrogens with one attached hydrogen (secondary N) is 2. The maximum Gasteiger partial charge on any atom is 0.125 e. The second-order valence-electron chi connectivity index (χ2n) is 3.81. The molecule has 0 aromatic heterocycles. The number of halogens is 2. The molecule has 82 valence electrons. The van der Waals surface area contributed by atoms with Gasteiger partial charge in [-0.05, 0) is 53.5 Å². The van der Waals surface area contributed by atoms with Gasteiger partial charge in [-0.1, -0.05) is 0 Å². The minimum atomic E-state index is -0.204. The third-order valence-electron chi connectivity index (χ3n) is 2.58. The van der Waals surface area contributed by atoms with E-state index in [0.717, 1.165) is 29.7 Å². The van der Waals surface area contributed by atoms with E-state index in [-0.39, 0.29) is 5.82 Å². The van der Waals surface area contributed by atoms with Gasteiger partial charge in [-0.15, -0.1) is 0 Å². The number of piperidine rings is 1. The first-order valence-corrected chi connectivity index (χ1v) is 5.97. The molecule has 1 saturated heterocycles. The van der Waals surface area contributed by atoms with Gasteiger partial charge in [0.2, 0.25) is 0 Å². The van der Waals surface area contributed by atoms with Crippen LogP contribution in [0.25, 0.3) is 0 Å². The quantitative estimate of drug-likeness (QED) is 0.865. The smallest absolute Gasteiger partial charge is 0.125 e. The molecule has 0 radical (unpaired) electrons. The highest BCUT2D eigenvalue weighted by atomic mass is 79.9. The summed E-state index contributed by atoms with van der Waals surface area (Å²) in [5.41, 5.74) is 0.837. The van der Waals surface area contributed by atoms with Gasteiger partial charge in [-0.3, -0.25) is 0 Å². The average Bonchev–Trinajstić information content (AvgIpc) is 2.25. The fourth-order valence-corrected chi connectivity index (χ4v) is 2.16. The first-order valence-electron chi connectivity index (χ1n) is 5.18. The molecule has 15 heavy (non-hydrogen) atoms. The van der Waals surface area contributed by atoms with E-state index in [1.165, 1.54) is 18.6 Å². The summed E-state index contributed by atoms with van der Waals surface area (Å²) in [5, 5.41) is 6.66. The summed E-state index contributed by atoms with van der Waals surface area (Å²) in [6.45, 7) is 2.03. The second kappa shape index (κ2) is 4.94. The van der Waals surface area contributed by atoms with Gasteiger partial charge in [-0.2, -0.15) is 0 Å². The van der Waals surface area contributed by atoms with Crippen LogP contribution in [0, 0.1) is 5.82 Å². The van der Waals surface area contributed by atoms with Crippen LogP contribution in [0.4, 0.5) is 10.1 Å². The first kappa shape index (κ1) is 10.9. The highest BCUT2D eigenvalue weighted by molar-refractivity contribution is 9.10. The van der Waals surface area contributed by atoms with Crippen molar-refractivity contribution in [3.05, 3.63) is 28.5 Å². The Labute approximate surface area is 97.4 Å². The SMILES string of the molecule is Fc1ccc(Br)c(NC2CCCNC2)c1. The second-order valence-corrected chi connectivity index (χ2v) is 4.67. The summed E-state index contributed by atoms with van der Waals surface area (Å²) in [5.74, 6) is -0.204. The van der Waals surface area contributed by atoms with Gasteiger partial charge in [0.25, 0.3) is 0 Å². The van der Waals surface area contributed by atoms with E-state index in [1.807, 2.05) is 0 Å². The van der Waals surface area contributed by atoms with Crippen LogP contribution in [0.3, 0.4) is 0 Å². The van der Waals surface area contributed by atoms with Crippen molar-refractivity contribution in [3.8, 4) is 0 Å². The summed E-state index contributed by atoms with van der Waals surface area (Å²) in [4.78, 5) is 0. The Bertz CT molecular complexity index is 337. The Morgan fingerprint density at radius 1 is 1.47 bits per heavy atom. The van der Waals surface area contributed by atoms with Crippen LogP contribution >= 0.6 is 15.9 Å². The Hall–Kier alpha value is -0.610. The third kappa shape index (κ3) is 2.92. The van der Waals surface area contributed by atoms with E-state index in [9.17, 15) is 4.39 Å². The fraction of sp³-hybridized carbons (Fsp3) is 0.455. The van der Waals surface area contributed by atoms with Gasteiger partial charge in [0, 0.05) is 17.1 Å². The van der Waals surface area contributed by atoms with E-state index in [0.29, 0.717) is 6.04 Å². The first-order chi connectivity index (χ1) is 7.25. The summed E-state index contributed by atoms with van der Waals surface area (Å²) in [6.07, 6.45) is 2.31. The van der Waals surface area contributed by atoms with Gasteiger partial charge in [0.05, 0.1) is 5.69 Å². The van der Waals surface area contributed by atoms with Crippen molar-refractivity contribution < 1.29 is 4.39 Å². The topological polar surface area (TPSA) is 24.1 Å². The molecule has 0 bridgehead atoms. The summed E-state index contributed by atoms with van der Waals surface area (Å²) in [6, 6.07) is 5.11. The predicted molar refractivity (Wildman–Crippen MR) is 63.6 cm³/mol. The van der Waals surface area contributed by atoms with Crippen LogP contribution in [0.5, 0.6) is 0 Å². The molecular formula is C11H14BrFN2. The Balaban J connectivity index is 2.05. The molecule has 2 rings (SSSR count). The van der Waals surface area contributed by atoms with Crippen molar-refractivity contribution in [3.63, 3.8) is 0 Å². The van der Waals surface area contributed by atoms with Crippen LogP contribution in [-0.4, -0.2) is 19.1 Å². The molecule has 1 heterocycles. The Morgan fingerprint density at radius 2 is 2.33 bits per heavy atom. The molecule has 1 aliphatic heterocycles. The predicted octanol–water partition coefficient (Wildman–Crippen LogP) is 2.75. The minimum absolute atomic E-state index is 0.204. The van der Waals surface area contributed by atoms with E-state index in [1.54, 1.807) is 6.07 Å². The van der Waals surface area contributed by atoms with Crippen LogP contribution in [0.2, 0.25) is 0 Å². The zero-order valence-corrected chi connectivity index (χ0v) is 9.98. The molecule has 0 amide bonds. The molecule has 1 unspecified atom stereocenters. The molecule has 1 fully saturated rings. The normalized spacial score (nSPS) is 21.3. The van der Waals surface area contributed by atoms with Crippen molar-refractivity contribution in [2.45, 2.75) is 18.9 Å². The van der Waals surface area contributed by atoms with Crippen molar-refractivity contribution in [1.82, 2.24) is 5.32 Å². The average molecular weight is 273 g/mol. The van der Waals surface area contributed by atoms with Gasteiger partial charge in [0.15, 0.2) is 0 Å². The zero-order chi connectivity index (χ0) is 10.7. The molecule has 0 aliphatic carbocycles. The third-order valence-corrected chi connectivity index (χ3v) is 3.28. The lowest BCUT2D eigenvalue weighted by atomic mass is 10.1. The molecule has 1 atom stereocenters. The summed E-state index contributed by atoms with van der Waals surface area (Å²) in [7, 11) is 0. The van der Waals surface area contributed by atoms with Crippen LogP contribution in [0.15, 0.2) is 22.7 Å². The Morgan fingerprint density at radius 3 is 3.07 bits per heavy atom. The van der Waals surface area contributed by atoms with E-state index < -0.39 is 0 Å². The molecule has 4 heteroatoms. The van der Waals surface area contributed by atoms with Gasteiger partial charge in [-0.25, -0.2) is 4.39 Å². The standard InChI is InChI=1S/C11H14BrFN2/c12-10-4-3-8(13)6-11(10)15-9-2-1-5-14-7-9/h3-4,6,9,14-15H,1-2,5,7H2. The monoisotopic (exact) mass is 272 g/mol. The summed E-state index contributed by atoms with van der Waals surface area (Å²) >= 11 is 3.41. The van der Waals surface area contributed by atoms with Gasteiger partial charge >= 0.3 is 0 Å². The molecule has 0 saturated carbocycles. The van der Waals surface area contributed by atoms with Crippen LogP contribution in [-0.2, 0) is 0 Å². The molecule has 2 nitrogen and oxygen atoms in total. The van der Waals surface area contributed by atoms with E-state index in [4.69, 9.17) is 0 Å².